The standard InChI is InChI=1S/C19H32N6O3S/c1-25(2)16-9-11-20-18(24-16)21-13-5-7-14(8-6-13)22-19(27)23-15(10-12-29-4)17(26)28-3/h9,11,13-15H,5-8,10,12H2,1-4H3,(H,20,21,24)(H2,22,23,27)/t13-,14+,15?. The Morgan fingerprint density at radius 3 is 2.59 bits per heavy atom. The number of esters is 1. The molecule has 2 rings (SSSR count). The maximum Gasteiger partial charge on any atom is 0.328 e. The van der Waals surface area contributed by atoms with E-state index in [4.69, 9.17) is 4.74 Å². The molecule has 29 heavy (non-hydrogen) atoms. The summed E-state index contributed by atoms with van der Waals surface area (Å²) in [4.78, 5) is 34.9. The lowest BCUT2D eigenvalue weighted by Gasteiger charge is -2.30. The number of amides is 2. The molecule has 3 N–H and O–H groups in total. The molecular weight excluding hydrogens is 392 g/mol. The zero-order valence-corrected chi connectivity index (χ0v) is 18.4. The van der Waals surface area contributed by atoms with Crippen molar-refractivity contribution in [3.63, 3.8) is 0 Å². The molecule has 1 aromatic heterocycles. The lowest BCUT2D eigenvalue weighted by atomic mass is 9.91. The van der Waals surface area contributed by atoms with Crippen LogP contribution in [0.3, 0.4) is 0 Å². The molecule has 1 aromatic rings. The van der Waals surface area contributed by atoms with E-state index >= 15 is 0 Å². The van der Waals surface area contributed by atoms with Gasteiger partial charge in [-0.3, -0.25) is 0 Å². The molecule has 162 valence electrons. The molecule has 9 nitrogen and oxygen atoms in total. The fourth-order valence-corrected chi connectivity index (χ4v) is 3.72. The number of hydrogen-bond donors (Lipinski definition) is 3. The van der Waals surface area contributed by atoms with E-state index in [1.807, 2.05) is 31.3 Å². The van der Waals surface area contributed by atoms with Crippen molar-refractivity contribution in [1.29, 1.82) is 0 Å². The Balaban J connectivity index is 1.77. The normalized spacial score (nSPS) is 19.7. The average molecular weight is 425 g/mol. The maximum atomic E-state index is 12.3. The van der Waals surface area contributed by atoms with E-state index in [1.165, 1.54) is 7.11 Å². The Kier molecular flexibility index (Phi) is 9.30. The summed E-state index contributed by atoms with van der Waals surface area (Å²) in [7, 11) is 5.22. The highest BCUT2D eigenvalue weighted by Crippen LogP contribution is 2.21. The van der Waals surface area contributed by atoms with Gasteiger partial charge < -0.3 is 25.6 Å². The van der Waals surface area contributed by atoms with Crippen LogP contribution in [-0.2, 0) is 9.53 Å². The van der Waals surface area contributed by atoms with Gasteiger partial charge >= 0.3 is 12.0 Å². The van der Waals surface area contributed by atoms with Gasteiger partial charge in [0.25, 0.3) is 0 Å². The molecule has 1 aliphatic carbocycles. The molecular formula is C19H32N6O3S. The zero-order valence-electron chi connectivity index (χ0n) is 17.6. The van der Waals surface area contributed by atoms with Crippen molar-refractivity contribution < 1.29 is 14.3 Å². The van der Waals surface area contributed by atoms with Crippen LogP contribution in [0.25, 0.3) is 0 Å². The van der Waals surface area contributed by atoms with Crippen molar-refractivity contribution in [1.82, 2.24) is 20.6 Å². The van der Waals surface area contributed by atoms with Crippen molar-refractivity contribution >= 4 is 35.5 Å². The monoisotopic (exact) mass is 424 g/mol. The van der Waals surface area contributed by atoms with Crippen LogP contribution in [0.5, 0.6) is 0 Å². The number of nitrogens with zero attached hydrogens (tertiary/aromatic N) is 3. The summed E-state index contributed by atoms with van der Waals surface area (Å²) in [6.45, 7) is 0. The predicted octanol–water partition coefficient (Wildman–Crippen LogP) is 1.86. The van der Waals surface area contributed by atoms with Crippen LogP contribution >= 0.6 is 11.8 Å². The lowest BCUT2D eigenvalue weighted by molar-refractivity contribution is -0.142. The van der Waals surface area contributed by atoms with Gasteiger partial charge in [0.2, 0.25) is 5.95 Å². The van der Waals surface area contributed by atoms with Gasteiger partial charge in [-0.25, -0.2) is 14.6 Å². The SMILES string of the molecule is COC(=O)C(CCSC)NC(=O)N[C@H]1CC[C@@H](Nc2nccc(N(C)C)n2)CC1. The summed E-state index contributed by atoms with van der Waals surface area (Å²) in [5, 5.41) is 9.11. The highest BCUT2D eigenvalue weighted by Gasteiger charge is 2.25. The second-order valence-electron chi connectivity index (χ2n) is 7.30. The minimum absolute atomic E-state index is 0.0842. The lowest BCUT2D eigenvalue weighted by Crippen LogP contribution is -2.50. The van der Waals surface area contributed by atoms with E-state index < -0.39 is 12.0 Å². The van der Waals surface area contributed by atoms with Crippen LogP contribution in [0.2, 0.25) is 0 Å². The Morgan fingerprint density at radius 1 is 1.28 bits per heavy atom. The summed E-state index contributed by atoms with van der Waals surface area (Å²) >= 11 is 1.62. The van der Waals surface area contributed by atoms with Crippen LogP contribution in [0.15, 0.2) is 12.3 Å². The Labute approximate surface area is 176 Å². The van der Waals surface area contributed by atoms with E-state index in [0.29, 0.717) is 12.4 Å². The first-order valence-corrected chi connectivity index (χ1v) is 11.2. The fraction of sp³-hybridized carbons (Fsp3) is 0.684. The molecule has 1 fully saturated rings. The number of aromatic nitrogens is 2. The molecule has 10 heteroatoms. The number of carbonyl (C=O) groups is 2. The van der Waals surface area contributed by atoms with Gasteiger partial charge in [0.1, 0.15) is 11.9 Å². The number of carbonyl (C=O) groups excluding carboxylic acids is 2. The topological polar surface area (TPSA) is 108 Å². The van der Waals surface area contributed by atoms with Crippen molar-refractivity contribution in [2.45, 2.75) is 50.2 Å². The van der Waals surface area contributed by atoms with Crippen LogP contribution in [0.1, 0.15) is 32.1 Å². The van der Waals surface area contributed by atoms with Crippen LogP contribution in [0.4, 0.5) is 16.6 Å². The third-order valence-corrected chi connectivity index (χ3v) is 5.54. The van der Waals surface area contributed by atoms with E-state index in [9.17, 15) is 9.59 Å². The quantitative estimate of drug-likeness (QED) is 0.516. The summed E-state index contributed by atoms with van der Waals surface area (Å²) in [6.07, 6.45) is 7.78. The smallest absolute Gasteiger partial charge is 0.328 e. The number of anilines is 2. The van der Waals surface area contributed by atoms with Crippen LogP contribution < -0.4 is 20.9 Å². The highest BCUT2D eigenvalue weighted by molar-refractivity contribution is 7.98. The number of hydrogen-bond acceptors (Lipinski definition) is 8. The van der Waals surface area contributed by atoms with Gasteiger partial charge in [-0.2, -0.15) is 16.7 Å². The molecule has 1 atom stereocenters. The number of methoxy groups -OCH3 is 1. The molecule has 0 aliphatic heterocycles. The molecule has 1 saturated carbocycles. The Bertz CT molecular complexity index is 667. The first-order chi connectivity index (χ1) is 13.9. The fourth-order valence-electron chi connectivity index (χ4n) is 3.24. The summed E-state index contributed by atoms with van der Waals surface area (Å²) in [6, 6.07) is 1.29. The first kappa shape index (κ1) is 23.1. The molecule has 0 aromatic carbocycles. The molecule has 0 saturated heterocycles. The Morgan fingerprint density at radius 2 is 1.97 bits per heavy atom. The van der Waals surface area contributed by atoms with Gasteiger partial charge in [-0.15, -0.1) is 0 Å². The van der Waals surface area contributed by atoms with Crippen LogP contribution in [-0.4, -0.2) is 73.3 Å². The number of rotatable bonds is 9. The molecule has 2 amide bonds. The molecule has 1 heterocycles. The van der Waals surface area contributed by atoms with E-state index in [2.05, 4.69) is 25.9 Å². The van der Waals surface area contributed by atoms with Gasteiger partial charge in [-0.1, -0.05) is 0 Å². The number of thioether (sulfide) groups is 1. The summed E-state index contributed by atoms with van der Waals surface area (Å²) in [5.41, 5.74) is 0. The van der Waals surface area contributed by atoms with E-state index in [-0.39, 0.29) is 18.1 Å². The van der Waals surface area contributed by atoms with Gasteiger partial charge in [-0.05, 0) is 50.2 Å². The van der Waals surface area contributed by atoms with Crippen molar-refractivity contribution in [2.75, 3.05) is 43.4 Å². The molecule has 0 spiro atoms. The summed E-state index contributed by atoms with van der Waals surface area (Å²) in [5.74, 6) is 1.84. The number of ether oxygens (including phenoxy) is 1. The number of urea groups is 1. The minimum Gasteiger partial charge on any atom is -0.467 e. The number of nitrogens with one attached hydrogen (secondary N) is 3. The third-order valence-electron chi connectivity index (χ3n) is 4.90. The van der Waals surface area contributed by atoms with Gasteiger partial charge in [0.05, 0.1) is 7.11 Å². The molecule has 1 aliphatic rings. The highest BCUT2D eigenvalue weighted by atomic mass is 32.2. The van der Waals surface area contributed by atoms with E-state index in [0.717, 1.165) is 37.3 Å². The van der Waals surface area contributed by atoms with Crippen LogP contribution in [0, 0.1) is 0 Å². The zero-order chi connectivity index (χ0) is 21.2. The largest absolute Gasteiger partial charge is 0.467 e. The second-order valence-corrected chi connectivity index (χ2v) is 8.29. The maximum absolute atomic E-state index is 12.3. The molecule has 0 radical (unpaired) electrons. The summed E-state index contributed by atoms with van der Waals surface area (Å²) < 4.78 is 4.78. The van der Waals surface area contributed by atoms with Crippen molar-refractivity contribution in [2.24, 2.45) is 0 Å². The second kappa shape index (κ2) is 11.7. The van der Waals surface area contributed by atoms with Gasteiger partial charge in [0.15, 0.2) is 0 Å². The van der Waals surface area contributed by atoms with Crippen molar-refractivity contribution in [3.05, 3.63) is 12.3 Å². The predicted molar refractivity (Wildman–Crippen MR) is 116 cm³/mol. The molecule has 1 unspecified atom stereocenters. The van der Waals surface area contributed by atoms with E-state index in [1.54, 1.807) is 18.0 Å². The Hall–Kier alpha value is -2.23. The first-order valence-electron chi connectivity index (χ1n) is 9.83. The van der Waals surface area contributed by atoms with Gasteiger partial charge in [0, 0.05) is 32.4 Å². The molecule has 0 bridgehead atoms. The average Bonchev–Trinajstić information content (AvgIpc) is 2.72. The third kappa shape index (κ3) is 7.60. The van der Waals surface area contributed by atoms with Crippen molar-refractivity contribution in [3.8, 4) is 0 Å². The minimum atomic E-state index is -0.619.